The van der Waals surface area contributed by atoms with Gasteiger partial charge in [0.25, 0.3) is 0 Å². The molecule has 16 heavy (non-hydrogen) atoms. The molecule has 1 aliphatic rings. The van der Waals surface area contributed by atoms with Crippen LogP contribution in [0.1, 0.15) is 5.56 Å². The van der Waals surface area contributed by atoms with Crippen molar-refractivity contribution in [3.63, 3.8) is 0 Å². The van der Waals surface area contributed by atoms with E-state index in [1.807, 2.05) is 19.3 Å². The number of piperazine rings is 1. The van der Waals surface area contributed by atoms with Crippen molar-refractivity contribution >= 4 is 5.95 Å². The minimum atomic E-state index is 0.237. The van der Waals surface area contributed by atoms with Gasteiger partial charge in [-0.1, -0.05) is 0 Å². The van der Waals surface area contributed by atoms with E-state index in [9.17, 15) is 0 Å². The van der Waals surface area contributed by atoms with Crippen LogP contribution >= 0.6 is 0 Å². The minimum absolute atomic E-state index is 0.237. The van der Waals surface area contributed by atoms with Crippen molar-refractivity contribution in [2.75, 3.05) is 44.2 Å². The third kappa shape index (κ3) is 2.68. The second-order valence-electron chi connectivity index (χ2n) is 4.11. The Balaban J connectivity index is 1.91. The Hall–Kier alpha value is -1.20. The van der Waals surface area contributed by atoms with E-state index in [0.29, 0.717) is 0 Å². The molecule has 0 unspecified atom stereocenters. The Morgan fingerprint density at radius 3 is 2.38 bits per heavy atom. The summed E-state index contributed by atoms with van der Waals surface area (Å²) in [4.78, 5) is 13.1. The molecule has 0 aromatic carbocycles. The summed E-state index contributed by atoms with van der Waals surface area (Å²) in [6, 6.07) is 0. The summed E-state index contributed by atoms with van der Waals surface area (Å²) < 4.78 is 0. The number of nitrogens with zero attached hydrogens (tertiary/aromatic N) is 4. The number of β-amino-alcohol motifs (C(OH)–C–C–N with tert-alkyl or cyclic N) is 1. The number of aliphatic hydroxyl groups is 1. The number of aromatic nitrogens is 2. The molecule has 88 valence electrons. The summed E-state index contributed by atoms with van der Waals surface area (Å²) in [6.07, 6.45) is 3.70. The number of aliphatic hydroxyl groups excluding tert-OH is 1. The first kappa shape index (κ1) is 11.3. The van der Waals surface area contributed by atoms with Gasteiger partial charge < -0.3 is 10.0 Å². The highest BCUT2D eigenvalue weighted by atomic mass is 16.3. The van der Waals surface area contributed by atoms with Gasteiger partial charge in [-0.3, -0.25) is 4.90 Å². The minimum Gasteiger partial charge on any atom is -0.395 e. The van der Waals surface area contributed by atoms with Crippen molar-refractivity contribution in [2.24, 2.45) is 0 Å². The van der Waals surface area contributed by atoms with Gasteiger partial charge in [0.2, 0.25) is 5.95 Å². The second-order valence-corrected chi connectivity index (χ2v) is 4.11. The van der Waals surface area contributed by atoms with Crippen molar-refractivity contribution in [1.82, 2.24) is 14.9 Å². The van der Waals surface area contributed by atoms with Crippen molar-refractivity contribution in [1.29, 1.82) is 0 Å². The fourth-order valence-corrected chi connectivity index (χ4v) is 1.86. The lowest BCUT2D eigenvalue weighted by Gasteiger charge is -2.34. The summed E-state index contributed by atoms with van der Waals surface area (Å²) in [5, 5.41) is 8.85. The van der Waals surface area contributed by atoms with E-state index in [2.05, 4.69) is 19.8 Å². The Labute approximate surface area is 95.7 Å². The van der Waals surface area contributed by atoms with Crippen LogP contribution in [0, 0.1) is 6.92 Å². The van der Waals surface area contributed by atoms with Gasteiger partial charge in [-0.25, -0.2) is 9.97 Å². The Morgan fingerprint density at radius 1 is 1.19 bits per heavy atom. The molecule has 1 aromatic heterocycles. The van der Waals surface area contributed by atoms with Crippen molar-refractivity contribution in [2.45, 2.75) is 6.92 Å². The lowest BCUT2D eigenvalue weighted by atomic mass is 10.3. The topological polar surface area (TPSA) is 52.5 Å². The number of hydrogen-bond acceptors (Lipinski definition) is 5. The molecule has 1 saturated heterocycles. The molecule has 0 amide bonds. The third-order valence-electron chi connectivity index (χ3n) is 2.84. The molecule has 0 atom stereocenters. The summed E-state index contributed by atoms with van der Waals surface area (Å²) in [5.74, 6) is 0.814. The number of anilines is 1. The molecule has 0 aliphatic carbocycles. The zero-order valence-electron chi connectivity index (χ0n) is 9.63. The maximum Gasteiger partial charge on any atom is 0.225 e. The van der Waals surface area contributed by atoms with Gasteiger partial charge in [0.05, 0.1) is 6.61 Å². The van der Waals surface area contributed by atoms with Crippen LogP contribution in [0.3, 0.4) is 0 Å². The lowest BCUT2D eigenvalue weighted by Crippen LogP contribution is -2.47. The van der Waals surface area contributed by atoms with Crippen LogP contribution in [-0.2, 0) is 0 Å². The van der Waals surface area contributed by atoms with Crippen molar-refractivity contribution < 1.29 is 5.11 Å². The molecule has 0 bridgehead atoms. The molecule has 5 heteroatoms. The number of hydrogen-bond donors (Lipinski definition) is 1. The Kier molecular flexibility index (Phi) is 3.69. The first-order chi connectivity index (χ1) is 7.79. The van der Waals surface area contributed by atoms with Gasteiger partial charge in [-0.2, -0.15) is 0 Å². The monoisotopic (exact) mass is 222 g/mol. The number of rotatable bonds is 3. The number of aryl methyl sites for hydroxylation is 1. The predicted octanol–water partition coefficient (Wildman–Crippen LogP) is -0.101. The van der Waals surface area contributed by atoms with E-state index in [1.54, 1.807) is 0 Å². The first-order valence-electron chi connectivity index (χ1n) is 5.66. The highest BCUT2D eigenvalue weighted by Gasteiger charge is 2.17. The molecule has 1 aliphatic heterocycles. The molecule has 2 rings (SSSR count). The summed E-state index contributed by atoms with van der Waals surface area (Å²) in [7, 11) is 0. The average molecular weight is 222 g/mol. The van der Waals surface area contributed by atoms with E-state index >= 15 is 0 Å². The van der Waals surface area contributed by atoms with Gasteiger partial charge in [-0.05, 0) is 12.5 Å². The molecule has 1 N–H and O–H groups in total. The lowest BCUT2D eigenvalue weighted by molar-refractivity contribution is 0.188. The Morgan fingerprint density at radius 2 is 1.81 bits per heavy atom. The van der Waals surface area contributed by atoms with Gasteiger partial charge in [0, 0.05) is 45.1 Å². The van der Waals surface area contributed by atoms with E-state index < -0.39 is 0 Å². The fourth-order valence-electron chi connectivity index (χ4n) is 1.86. The molecular weight excluding hydrogens is 204 g/mol. The fraction of sp³-hybridized carbons (Fsp3) is 0.636. The highest BCUT2D eigenvalue weighted by molar-refractivity contribution is 5.30. The van der Waals surface area contributed by atoms with Gasteiger partial charge in [-0.15, -0.1) is 0 Å². The maximum absolute atomic E-state index is 8.85. The van der Waals surface area contributed by atoms with Crippen LogP contribution in [0.5, 0.6) is 0 Å². The van der Waals surface area contributed by atoms with E-state index in [1.165, 1.54) is 0 Å². The molecule has 5 nitrogen and oxygen atoms in total. The third-order valence-corrected chi connectivity index (χ3v) is 2.84. The summed E-state index contributed by atoms with van der Waals surface area (Å²) >= 11 is 0. The molecule has 0 spiro atoms. The average Bonchev–Trinajstić information content (AvgIpc) is 2.32. The molecular formula is C11H18N4O. The zero-order valence-corrected chi connectivity index (χ0v) is 9.63. The normalized spacial score (nSPS) is 17.8. The van der Waals surface area contributed by atoms with Gasteiger partial charge in [0.15, 0.2) is 0 Å². The van der Waals surface area contributed by atoms with Crippen LogP contribution in [0.25, 0.3) is 0 Å². The van der Waals surface area contributed by atoms with Crippen LogP contribution in [0.15, 0.2) is 12.4 Å². The van der Waals surface area contributed by atoms with Crippen LogP contribution in [0.4, 0.5) is 5.95 Å². The first-order valence-corrected chi connectivity index (χ1v) is 5.66. The standard InChI is InChI=1S/C11H18N4O/c1-10-8-12-11(13-9-10)15-4-2-14(3-5-15)6-7-16/h8-9,16H,2-7H2,1H3. The van der Waals surface area contributed by atoms with Crippen molar-refractivity contribution in [3.8, 4) is 0 Å². The molecule has 1 fully saturated rings. The quantitative estimate of drug-likeness (QED) is 0.774. The largest absolute Gasteiger partial charge is 0.395 e. The van der Waals surface area contributed by atoms with Gasteiger partial charge in [0.1, 0.15) is 0 Å². The summed E-state index contributed by atoms with van der Waals surface area (Å²) in [6.45, 7) is 6.80. The molecule has 2 heterocycles. The highest BCUT2D eigenvalue weighted by Crippen LogP contribution is 2.10. The predicted molar refractivity (Wildman–Crippen MR) is 62.5 cm³/mol. The van der Waals surface area contributed by atoms with Crippen LogP contribution in [0.2, 0.25) is 0 Å². The maximum atomic E-state index is 8.85. The Bertz CT molecular complexity index is 319. The van der Waals surface area contributed by atoms with Crippen LogP contribution < -0.4 is 4.90 Å². The van der Waals surface area contributed by atoms with E-state index in [-0.39, 0.29) is 6.61 Å². The molecule has 0 radical (unpaired) electrons. The van der Waals surface area contributed by atoms with Crippen molar-refractivity contribution in [3.05, 3.63) is 18.0 Å². The van der Waals surface area contributed by atoms with Crippen LogP contribution in [-0.4, -0.2) is 59.3 Å². The second kappa shape index (κ2) is 5.23. The van der Waals surface area contributed by atoms with E-state index in [0.717, 1.165) is 44.2 Å². The molecule has 0 saturated carbocycles. The zero-order chi connectivity index (χ0) is 11.4. The smallest absolute Gasteiger partial charge is 0.225 e. The van der Waals surface area contributed by atoms with E-state index in [4.69, 9.17) is 5.11 Å². The summed E-state index contributed by atoms with van der Waals surface area (Å²) in [5.41, 5.74) is 1.09. The van der Waals surface area contributed by atoms with Gasteiger partial charge >= 0.3 is 0 Å². The molecule has 1 aromatic rings. The SMILES string of the molecule is Cc1cnc(N2CCN(CCO)CC2)nc1.